The van der Waals surface area contributed by atoms with E-state index in [4.69, 9.17) is 4.74 Å². The van der Waals surface area contributed by atoms with Gasteiger partial charge in [0, 0.05) is 0 Å². The fraction of sp³-hybridized carbons (Fsp3) is 0.556. The lowest BCUT2D eigenvalue weighted by atomic mass is 10.2. The topological polar surface area (TPSA) is 44.1 Å². The summed E-state index contributed by atoms with van der Waals surface area (Å²) in [5.74, 6) is -0.259. The van der Waals surface area contributed by atoms with Crippen molar-refractivity contribution in [2.75, 3.05) is 0 Å². The van der Waals surface area contributed by atoms with E-state index in [1.54, 1.807) is 10.9 Å². The van der Waals surface area contributed by atoms with Crippen molar-refractivity contribution in [3.63, 3.8) is 0 Å². The van der Waals surface area contributed by atoms with Crippen LogP contribution in [0.1, 0.15) is 20.8 Å². The van der Waals surface area contributed by atoms with Gasteiger partial charge in [0.2, 0.25) is 0 Å². The van der Waals surface area contributed by atoms with E-state index in [-0.39, 0.29) is 12.5 Å². The summed E-state index contributed by atoms with van der Waals surface area (Å²) in [5.41, 5.74) is -0.444. The Balaban J connectivity index is 2.63. The Labute approximate surface area is 111 Å². The van der Waals surface area contributed by atoms with Gasteiger partial charge in [0.05, 0.1) is 6.33 Å². The summed E-state index contributed by atoms with van der Waals surface area (Å²) in [4.78, 5) is 15.5. The molecule has 0 bridgehead atoms. The van der Waals surface area contributed by atoms with Crippen molar-refractivity contribution in [3.05, 3.63) is 14.6 Å². The zero-order chi connectivity index (χ0) is 11.6. The third-order valence-electron chi connectivity index (χ3n) is 1.45. The van der Waals surface area contributed by atoms with E-state index in [1.807, 2.05) is 20.8 Å². The van der Waals surface area contributed by atoms with Crippen LogP contribution in [0.3, 0.4) is 0 Å². The molecular weight excluding hydrogens is 375 g/mol. The van der Waals surface area contributed by atoms with Gasteiger partial charge in [-0.25, -0.2) is 4.98 Å². The molecule has 0 aliphatic heterocycles. The zero-order valence-corrected chi connectivity index (χ0v) is 12.5. The molecule has 0 aromatic carbocycles. The molecule has 0 aliphatic carbocycles. The van der Waals surface area contributed by atoms with E-state index in [1.165, 1.54) is 0 Å². The summed E-state index contributed by atoms with van der Waals surface area (Å²) in [6, 6.07) is 0. The Bertz CT molecular complexity index is 371. The number of rotatable bonds is 2. The molecule has 0 saturated carbocycles. The monoisotopic (exact) mass is 386 g/mol. The maximum Gasteiger partial charge on any atom is 0.326 e. The summed E-state index contributed by atoms with van der Waals surface area (Å²) < 4.78 is 8.56. The van der Waals surface area contributed by atoms with Crippen molar-refractivity contribution in [2.24, 2.45) is 0 Å². The summed E-state index contributed by atoms with van der Waals surface area (Å²) >= 11 is 5.39. The van der Waals surface area contributed by atoms with Crippen LogP contribution in [-0.2, 0) is 16.1 Å². The Morgan fingerprint density at radius 1 is 1.67 bits per heavy atom. The first-order valence-electron chi connectivity index (χ1n) is 4.37. The molecule has 4 nitrogen and oxygen atoms in total. The lowest BCUT2D eigenvalue weighted by Gasteiger charge is -2.19. The highest BCUT2D eigenvalue weighted by Gasteiger charge is 2.17. The van der Waals surface area contributed by atoms with Gasteiger partial charge in [-0.2, -0.15) is 0 Å². The van der Waals surface area contributed by atoms with Crippen molar-refractivity contribution in [1.29, 1.82) is 0 Å². The number of carbonyl (C=O) groups is 1. The van der Waals surface area contributed by atoms with Crippen molar-refractivity contribution >= 4 is 44.5 Å². The molecule has 1 aromatic rings. The van der Waals surface area contributed by atoms with Crippen LogP contribution in [0.5, 0.6) is 0 Å². The van der Waals surface area contributed by atoms with Gasteiger partial charge in [0.25, 0.3) is 0 Å². The Hall–Kier alpha value is -0.110. The molecular formula is C9H12BrIN2O2. The number of hydrogen-bond acceptors (Lipinski definition) is 3. The number of hydrogen-bond donors (Lipinski definition) is 0. The first-order chi connectivity index (χ1) is 6.79. The third-order valence-corrected chi connectivity index (χ3v) is 3.90. The minimum Gasteiger partial charge on any atom is -0.459 e. The van der Waals surface area contributed by atoms with Gasteiger partial charge in [0.15, 0.2) is 0 Å². The van der Waals surface area contributed by atoms with Crippen LogP contribution in [0.2, 0.25) is 0 Å². The molecule has 0 unspecified atom stereocenters. The molecule has 0 N–H and O–H groups in total. The normalized spacial score (nSPS) is 11.5. The minimum atomic E-state index is -0.444. The van der Waals surface area contributed by atoms with Gasteiger partial charge < -0.3 is 9.30 Å². The van der Waals surface area contributed by atoms with Crippen LogP contribution in [0.15, 0.2) is 10.9 Å². The van der Waals surface area contributed by atoms with Crippen LogP contribution < -0.4 is 0 Å². The first-order valence-corrected chi connectivity index (χ1v) is 6.25. The predicted octanol–water partition coefficient (Wildman–Crippen LogP) is 2.59. The van der Waals surface area contributed by atoms with Crippen molar-refractivity contribution in [2.45, 2.75) is 32.9 Å². The van der Waals surface area contributed by atoms with Gasteiger partial charge in [-0.15, -0.1) is 0 Å². The van der Waals surface area contributed by atoms with Crippen molar-refractivity contribution in [1.82, 2.24) is 9.55 Å². The summed E-state index contributed by atoms with van der Waals surface area (Å²) in [7, 11) is 0. The van der Waals surface area contributed by atoms with Gasteiger partial charge in [-0.3, -0.25) is 4.79 Å². The second kappa shape index (κ2) is 4.82. The van der Waals surface area contributed by atoms with Gasteiger partial charge in [-0.1, -0.05) is 0 Å². The number of carbonyl (C=O) groups excluding carboxylic acids is 1. The van der Waals surface area contributed by atoms with Crippen molar-refractivity contribution < 1.29 is 9.53 Å². The summed E-state index contributed by atoms with van der Waals surface area (Å²) in [6.07, 6.45) is 1.61. The predicted molar refractivity (Wildman–Crippen MR) is 68.5 cm³/mol. The van der Waals surface area contributed by atoms with Gasteiger partial charge in [-0.05, 0) is 59.3 Å². The lowest BCUT2D eigenvalue weighted by Crippen LogP contribution is -2.26. The average Bonchev–Trinajstić information content (AvgIpc) is 2.32. The third kappa shape index (κ3) is 4.10. The van der Waals surface area contributed by atoms with Gasteiger partial charge in [0.1, 0.15) is 20.4 Å². The molecule has 0 spiro atoms. The number of esters is 1. The maximum atomic E-state index is 11.5. The molecule has 0 fully saturated rings. The fourth-order valence-corrected chi connectivity index (χ4v) is 1.72. The molecule has 0 radical (unpaired) electrons. The van der Waals surface area contributed by atoms with Gasteiger partial charge >= 0.3 is 5.97 Å². The average molecular weight is 387 g/mol. The number of aromatic nitrogens is 2. The number of nitrogens with zero attached hydrogens (tertiary/aromatic N) is 2. The van der Waals surface area contributed by atoms with Crippen molar-refractivity contribution in [3.8, 4) is 0 Å². The number of ether oxygens (including phenoxy) is 1. The van der Waals surface area contributed by atoms with E-state index in [0.29, 0.717) is 0 Å². The number of halogens is 2. The highest BCUT2D eigenvalue weighted by Crippen LogP contribution is 2.17. The van der Waals surface area contributed by atoms with E-state index in [0.717, 1.165) is 8.30 Å². The zero-order valence-electron chi connectivity index (χ0n) is 8.75. The second-order valence-corrected chi connectivity index (χ2v) is 5.81. The standard InChI is InChI=1S/C9H12BrIN2O2/c1-9(2,3)15-6(14)4-13-5-12-7(10)8(13)11/h5H,4H2,1-3H3. The van der Waals surface area contributed by atoms with E-state index < -0.39 is 5.60 Å². The quantitative estimate of drug-likeness (QED) is 0.579. The Kier molecular flexibility index (Phi) is 4.16. The highest BCUT2D eigenvalue weighted by atomic mass is 127. The smallest absolute Gasteiger partial charge is 0.326 e. The molecule has 84 valence electrons. The Morgan fingerprint density at radius 2 is 2.27 bits per heavy atom. The molecule has 0 atom stereocenters. The molecule has 1 aromatic heterocycles. The number of imidazole rings is 1. The molecule has 0 aliphatic rings. The van der Waals surface area contributed by atoms with Crippen LogP contribution in [0.4, 0.5) is 0 Å². The summed E-state index contributed by atoms with van der Waals surface area (Å²) in [5, 5.41) is 0. The van der Waals surface area contributed by atoms with E-state index >= 15 is 0 Å². The molecule has 15 heavy (non-hydrogen) atoms. The lowest BCUT2D eigenvalue weighted by molar-refractivity contribution is -0.155. The molecule has 1 heterocycles. The first kappa shape index (κ1) is 13.0. The SMILES string of the molecule is CC(C)(C)OC(=O)Cn1cnc(Br)c1I. The largest absolute Gasteiger partial charge is 0.459 e. The molecule has 0 amide bonds. The van der Waals surface area contributed by atoms with E-state index in [9.17, 15) is 4.79 Å². The molecule has 0 saturated heterocycles. The van der Waals surface area contributed by atoms with E-state index in [2.05, 4.69) is 43.5 Å². The summed E-state index contributed by atoms with van der Waals surface area (Å²) in [6.45, 7) is 5.73. The fourth-order valence-electron chi connectivity index (χ4n) is 0.966. The molecule has 6 heteroatoms. The Morgan fingerprint density at radius 3 is 2.67 bits per heavy atom. The second-order valence-electron chi connectivity index (χ2n) is 4.04. The molecule has 1 rings (SSSR count). The van der Waals surface area contributed by atoms with Crippen LogP contribution in [0.25, 0.3) is 0 Å². The van der Waals surface area contributed by atoms with Crippen LogP contribution in [0, 0.1) is 3.70 Å². The highest BCUT2D eigenvalue weighted by molar-refractivity contribution is 14.1. The van der Waals surface area contributed by atoms with Crippen LogP contribution in [-0.4, -0.2) is 21.1 Å². The maximum absolute atomic E-state index is 11.5. The van der Waals surface area contributed by atoms with Crippen LogP contribution >= 0.6 is 38.5 Å². The minimum absolute atomic E-state index is 0.189.